The number of aryl methyl sites for hydroxylation is 1. The summed E-state index contributed by atoms with van der Waals surface area (Å²) in [6.07, 6.45) is 0. The topological polar surface area (TPSA) is 14.8 Å². The quantitative estimate of drug-likeness (QED) is 0.219. The number of nitrogens with zero attached hydrogens (tertiary/aromatic N) is 3. The van der Waals surface area contributed by atoms with Gasteiger partial charge in [-0.1, -0.05) is 78.9 Å². The van der Waals surface area contributed by atoms with Gasteiger partial charge in [-0.25, -0.2) is 0 Å². The van der Waals surface area contributed by atoms with Crippen LogP contribution in [0.2, 0.25) is 0 Å². The van der Waals surface area contributed by atoms with Gasteiger partial charge in [0.1, 0.15) is 0 Å². The molecule has 0 amide bonds. The molecule has 188 valence electrons. The summed E-state index contributed by atoms with van der Waals surface area (Å²) in [6.45, 7) is 0. The fraction of sp³-hybridized carbons (Fsp3) is 0.0270. The van der Waals surface area contributed by atoms with Gasteiger partial charge in [-0.05, 0) is 54.6 Å². The van der Waals surface area contributed by atoms with Crippen LogP contribution in [0.5, 0.6) is 0 Å². The van der Waals surface area contributed by atoms with Crippen LogP contribution in [0.15, 0.2) is 133 Å². The fourth-order valence-electron chi connectivity index (χ4n) is 6.87. The van der Waals surface area contributed by atoms with Gasteiger partial charge in [-0.3, -0.25) is 0 Å². The Balaban J connectivity index is 1.34. The fourth-order valence-corrected chi connectivity index (χ4v) is 6.87. The van der Waals surface area contributed by atoms with Crippen LogP contribution in [0.3, 0.4) is 0 Å². The van der Waals surface area contributed by atoms with Gasteiger partial charge in [-0.2, -0.15) is 0 Å². The molecule has 9 aromatic rings. The van der Waals surface area contributed by atoms with Gasteiger partial charge in [-0.15, -0.1) is 0 Å². The predicted molar refractivity (Wildman–Crippen MR) is 169 cm³/mol. The number of para-hydroxylation sites is 4. The van der Waals surface area contributed by atoms with E-state index in [0.717, 1.165) is 0 Å². The van der Waals surface area contributed by atoms with Gasteiger partial charge >= 0.3 is 0 Å². The maximum atomic E-state index is 2.41. The van der Waals surface area contributed by atoms with E-state index in [0.29, 0.717) is 0 Å². The standard InChI is InChI=1S/C37H25N3/c1-38-32-14-6-2-10-26(32)30-20-18-25(23-37(30)38)40-35-17-9-5-13-29(35)31-22-24(19-21-36(31)40)39-33-15-7-3-11-27(33)28-12-4-8-16-34(28)39/h2-23H,1H3. The molecular formula is C37H25N3. The highest BCUT2D eigenvalue weighted by molar-refractivity contribution is 6.13. The minimum absolute atomic E-state index is 1.18. The van der Waals surface area contributed by atoms with Crippen LogP contribution >= 0.6 is 0 Å². The molecule has 3 nitrogen and oxygen atoms in total. The van der Waals surface area contributed by atoms with Crippen molar-refractivity contribution in [3.05, 3.63) is 133 Å². The lowest BCUT2D eigenvalue weighted by Crippen LogP contribution is -1.96. The summed E-state index contributed by atoms with van der Waals surface area (Å²) in [4.78, 5) is 0. The van der Waals surface area contributed by atoms with Crippen LogP contribution < -0.4 is 0 Å². The lowest BCUT2D eigenvalue weighted by atomic mass is 10.1. The highest BCUT2D eigenvalue weighted by Crippen LogP contribution is 2.38. The monoisotopic (exact) mass is 511 g/mol. The number of benzene rings is 6. The highest BCUT2D eigenvalue weighted by atomic mass is 15.0. The smallest absolute Gasteiger partial charge is 0.0542 e. The lowest BCUT2D eigenvalue weighted by molar-refractivity contribution is 1.01. The number of hydrogen-bond donors (Lipinski definition) is 0. The van der Waals surface area contributed by atoms with Crippen LogP contribution in [0, 0.1) is 0 Å². The molecule has 0 unspecified atom stereocenters. The van der Waals surface area contributed by atoms with Crippen molar-refractivity contribution in [3.8, 4) is 11.4 Å². The Morgan fingerprint density at radius 2 is 0.725 bits per heavy atom. The van der Waals surface area contributed by atoms with Gasteiger partial charge in [0, 0.05) is 56.3 Å². The first kappa shape index (κ1) is 21.6. The zero-order valence-electron chi connectivity index (χ0n) is 22.0. The van der Waals surface area contributed by atoms with Crippen molar-refractivity contribution in [2.24, 2.45) is 7.05 Å². The molecule has 0 radical (unpaired) electrons. The maximum absolute atomic E-state index is 2.41. The Kier molecular flexibility index (Phi) is 4.26. The Morgan fingerprint density at radius 3 is 1.32 bits per heavy atom. The first-order valence-corrected chi connectivity index (χ1v) is 13.8. The van der Waals surface area contributed by atoms with E-state index in [4.69, 9.17) is 0 Å². The summed E-state index contributed by atoms with van der Waals surface area (Å²) in [6, 6.07) is 48.6. The normalized spacial score (nSPS) is 12.1. The lowest BCUT2D eigenvalue weighted by Gasteiger charge is -2.11. The van der Waals surface area contributed by atoms with Crippen molar-refractivity contribution in [2.45, 2.75) is 0 Å². The molecule has 0 saturated heterocycles. The predicted octanol–water partition coefficient (Wildman–Crippen LogP) is 9.53. The van der Waals surface area contributed by atoms with Crippen molar-refractivity contribution < 1.29 is 0 Å². The molecule has 0 spiro atoms. The average molecular weight is 512 g/mol. The van der Waals surface area contributed by atoms with Crippen LogP contribution in [-0.4, -0.2) is 13.7 Å². The second kappa shape index (κ2) is 7.87. The van der Waals surface area contributed by atoms with Crippen LogP contribution in [-0.2, 0) is 7.05 Å². The molecule has 9 rings (SSSR count). The summed E-state index contributed by atoms with van der Waals surface area (Å²) < 4.78 is 7.12. The van der Waals surface area contributed by atoms with E-state index in [2.05, 4.69) is 154 Å². The summed E-state index contributed by atoms with van der Waals surface area (Å²) in [7, 11) is 2.17. The van der Waals surface area contributed by atoms with Crippen molar-refractivity contribution in [1.82, 2.24) is 13.7 Å². The third kappa shape index (κ3) is 2.79. The van der Waals surface area contributed by atoms with Crippen LogP contribution in [0.4, 0.5) is 0 Å². The van der Waals surface area contributed by atoms with Crippen molar-refractivity contribution in [3.63, 3.8) is 0 Å². The molecule has 0 fully saturated rings. The zero-order chi connectivity index (χ0) is 26.4. The van der Waals surface area contributed by atoms with Crippen molar-refractivity contribution in [1.29, 1.82) is 0 Å². The first-order valence-electron chi connectivity index (χ1n) is 13.8. The summed E-state index contributed by atoms with van der Waals surface area (Å²) in [5.74, 6) is 0. The number of aromatic nitrogens is 3. The van der Waals surface area contributed by atoms with Crippen molar-refractivity contribution >= 4 is 65.4 Å². The van der Waals surface area contributed by atoms with E-state index in [1.807, 2.05) is 0 Å². The molecule has 0 aliphatic heterocycles. The third-order valence-corrected chi connectivity index (χ3v) is 8.65. The van der Waals surface area contributed by atoms with Crippen molar-refractivity contribution in [2.75, 3.05) is 0 Å². The minimum Gasteiger partial charge on any atom is -0.344 e. The van der Waals surface area contributed by atoms with Gasteiger partial charge in [0.25, 0.3) is 0 Å². The minimum atomic E-state index is 1.18. The van der Waals surface area contributed by atoms with E-state index in [1.54, 1.807) is 0 Å². The largest absolute Gasteiger partial charge is 0.344 e. The second-order valence-electron chi connectivity index (χ2n) is 10.7. The van der Waals surface area contributed by atoms with E-state index in [9.17, 15) is 0 Å². The molecule has 0 bridgehead atoms. The SMILES string of the molecule is Cn1c2ccccc2c2ccc(-n3c4ccccc4c4cc(-n5c6ccccc6c6ccccc65)ccc43)cc21. The molecule has 3 heterocycles. The van der Waals surface area contributed by atoms with Gasteiger partial charge in [0.15, 0.2) is 0 Å². The Bertz CT molecular complexity index is 2390. The van der Waals surface area contributed by atoms with E-state index < -0.39 is 0 Å². The Labute approximate surface area is 230 Å². The molecule has 0 N–H and O–H groups in total. The maximum Gasteiger partial charge on any atom is 0.0542 e. The molecule has 0 aliphatic carbocycles. The van der Waals surface area contributed by atoms with E-state index in [-0.39, 0.29) is 0 Å². The van der Waals surface area contributed by atoms with E-state index >= 15 is 0 Å². The summed E-state index contributed by atoms with van der Waals surface area (Å²) >= 11 is 0. The Morgan fingerprint density at radius 1 is 0.325 bits per heavy atom. The Hall–Kier alpha value is -5.28. The molecule has 6 aromatic carbocycles. The molecule has 0 aliphatic rings. The van der Waals surface area contributed by atoms with Crippen LogP contribution in [0.25, 0.3) is 76.8 Å². The molecule has 40 heavy (non-hydrogen) atoms. The highest BCUT2D eigenvalue weighted by Gasteiger charge is 2.17. The third-order valence-electron chi connectivity index (χ3n) is 8.65. The second-order valence-corrected chi connectivity index (χ2v) is 10.7. The molecule has 0 saturated carbocycles. The first-order chi connectivity index (χ1) is 19.8. The zero-order valence-corrected chi connectivity index (χ0v) is 22.0. The van der Waals surface area contributed by atoms with Gasteiger partial charge in [0.05, 0.1) is 27.6 Å². The average Bonchev–Trinajstić information content (AvgIpc) is 3.63. The number of fused-ring (bicyclic) bond motifs is 9. The molecule has 3 aromatic heterocycles. The number of rotatable bonds is 2. The molecule has 0 atom stereocenters. The molecule has 3 heteroatoms. The van der Waals surface area contributed by atoms with E-state index in [1.165, 1.54) is 76.8 Å². The molecular weight excluding hydrogens is 486 g/mol. The van der Waals surface area contributed by atoms with Gasteiger partial charge in [0.2, 0.25) is 0 Å². The number of hydrogen-bond acceptors (Lipinski definition) is 0. The summed E-state index contributed by atoms with van der Waals surface area (Å²) in [5.41, 5.74) is 9.74. The van der Waals surface area contributed by atoms with Gasteiger partial charge < -0.3 is 13.7 Å². The van der Waals surface area contributed by atoms with Crippen LogP contribution in [0.1, 0.15) is 0 Å². The summed E-state index contributed by atoms with van der Waals surface area (Å²) in [5, 5.41) is 7.66.